The number of methoxy groups -OCH3 is 1. The van der Waals surface area contributed by atoms with E-state index in [-0.39, 0.29) is 11.6 Å². The Morgan fingerprint density at radius 3 is 2.72 bits per heavy atom. The number of anilines is 1. The van der Waals surface area contributed by atoms with Gasteiger partial charge in [-0.25, -0.2) is 9.78 Å². The summed E-state index contributed by atoms with van der Waals surface area (Å²) in [5.74, 6) is 1.08. The second kappa shape index (κ2) is 10.0. The van der Waals surface area contributed by atoms with Gasteiger partial charge in [0.15, 0.2) is 10.8 Å². The molecule has 0 bridgehead atoms. The van der Waals surface area contributed by atoms with Gasteiger partial charge in [0.25, 0.3) is 0 Å². The van der Waals surface area contributed by atoms with E-state index in [1.54, 1.807) is 31.2 Å². The number of carbonyl (C=O) groups excluding carboxylic acids is 2. The Kier molecular flexibility index (Phi) is 7.75. The number of rotatable bonds is 9. The molecule has 0 spiro atoms. The number of benzene rings is 1. The first-order chi connectivity index (χ1) is 12.1. The van der Waals surface area contributed by atoms with Crippen LogP contribution in [0.25, 0.3) is 0 Å². The van der Waals surface area contributed by atoms with Crippen LogP contribution in [-0.4, -0.2) is 36.3 Å². The molecular formula is C17H20N2O4S2. The van der Waals surface area contributed by atoms with E-state index in [9.17, 15) is 9.59 Å². The van der Waals surface area contributed by atoms with Gasteiger partial charge in [0.05, 0.1) is 13.7 Å². The van der Waals surface area contributed by atoms with Gasteiger partial charge < -0.3 is 14.8 Å². The van der Waals surface area contributed by atoms with Gasteiger partial charge in [0.1, 0.15) is 5.75 Å². The maximum absolute atomic E-state index is 11.9. The predicted octanol–water partition coefficient (Wildman–Crippen LogP) is 3.84. The van der Waals surface area contributed by atoms with Crippen LogP contribution in [0, 0.1) is 0 Å². The zero-order chi connectivity index (χ0) is 18.1. The number of amides is 1. The van der Waals surface area contributed by atoms with E-state index >= 15 is 0 Å². The minimum atomic E-state index is -0.477. The van der Waals surface area contributed by atoms with Crippen LogP contribution in [0.3, 0.4) is 0 Å². The molecule has 0 aliphatic carbocycles. The van der Waals surface area contributed by atoms with Gasteiger partial charge in [-0.05, 0) is 43.4 Å². The van der Waals surface area contributed by atoms with Crippen molar-refractivity contribution in [3.8, 4) is 5.75 Å². The van der Waals surface area contributed by atoms with Crippen LogP contribution in [0.5, 0.6) is 5.75 Å². The van der Waals surface area contributed by atoms with Crippen molar-refractivity contribution >= 4 is 40.1 Å². The molecule has 0 fully saturated rings. The first-order valence-corrected chi connectivity index (χ1v) is 9.68. The second-order valence-corrected chi connectivity index (χ2v) is 6.96. The normalized spacial score (nSPS) is 10.3. The van der Waals surface area contributed by atoms with Crippen LogP contribution in [-0.2, 0) is 9.53 Å². The third kappa shape index (κ3) is 6.39. The number of nitrogens with zero attached hydrogens (tertiary/aromatic N) is 1. The van der Waals surface area contributed by atoms with Gasteiger partial charge >= 0.3 is 5.97 Å². The minimum Gasteiger partial charge on any atom is -0.497 e. The molecule has 1 heterocycles. The number of nitrogens with one attached hydrogen (secondary N) is 1. The number of ether oxygens (including phenoxy) is 2. The lowest BCUT2D eigenvalue weighted by Crippen LogP contribution is -2.12. The van der Waals surface area contributed by atoms with E-state index < -0.39 is 5.97 Å². The highest BCUT2D eigenvalue weighted by Gasteiger charge is 2.13. The Morgan fingerprint density at radius 2 is 2.04 bits per heavy atom. The molecule has 8 heteroatoms. The Hall–Kier alpha value is -2.06. The molecule has 0 unspecified atom stereocenters. The molecule has 25 heavy (non-hydrogen) atoms. The van der Waals surface area contributed by atoms with E-state index in [2.05, 4.69) is 10.3 Å². The van der Waals surface area contributed by atoms with E-state index in [0.29, 0.717) is 18.2 Å². The number of thiazole rings is 1. The van der Waals surface area contributed by atoms with Crippen LogP contribution in [0.1, 0.15) is 30.3 Å². The molecule has 2 rings (SSSR count). The first-order valence-electron chi connectivity index (χ1n) is 7.81. The molecular weight excluding hydrogens is 360 g/mol. The molecule has 1 aromatic heterocycles. The molecule has 0 radical (unpaired) electrons. The smallest absolute Gasteiger partial charge is 0.357 e. The van der Waals surface area contributed by atoms with E-state index in [1.807, 2.05) is 24.3 Å². The van der Waals surface area contributed by atoms with Crippen molar-refractivity contribution in [3.63, 3.8) is 0 Å². The van der Waals surface area contributed by atoms with Gasteiger partial charge in [-0.2, -0.15) is 0 Å². The molecule has 0 aliphatic heterocycles. The van der Waals surface area contributed by atoms with Crippen LogP contribution < -0.4 is 10.1 Å². The molecule has 2 aromatic rings. The van der Waals surface area contributed by atoms with Crippen molar-refractivity contribution in [2.24, 2.45) is 0 Å². The summed E-state index contributed by atoms with van der Waals surface area (Å²) in [6.07, 6.45) is 1.15. The third-order valence-electron chi connectivity index (χ3n) is 3.11. The van der Waals surface area contributed by atoms with Crippen molar-refractivity contribution in [1.29, 1.82) is 0 Å². The van der Waals surface area contributed by atoms with Crippen LogP contribution in [0.4, 0.5) is 5.13 Å². The monoisotopic (exact) mass is 380 g/mol. The number of esters is 1. The highest BCUT2D eigenvalue weighted by Crippen LogP contribution is 2.22. The van der Waals surface area contributed by atoms with Crippen molar-refractivity contribution < 1.29 is 19.1 Å². The van der Waals surface area contributed by atoms with Crippen molar-refractivity contribution in [1.82, 2.24) is 4.98 Å². The summed E-state index contributed by atoms with van der Waals surface area (Å²) in [6, 6.07) is 7.82. The Labute approximate surface area is 154 Å². The fraction of sp³-hybridized carbons (Fsp3) is 0.353. The fourth-order valence-electron chi connectivity index (χ4n) is 1.91. The summed E-state index contributed by atoms with van der Waals surface area (Å²) in [7, 11) is 1.64. The third-order valence-corrected chi connectivity index (χ3v) is 4.97. The lowest BCUT2D eigenvalue weighted by molar-refractivity contribution is -0.116. The highest BCUT2D eigenvalue weighted by molar-refractivity contribution is 7.99. The molecule has 6 nitrogen and oxygen atoms in total. The Morgan fingerprint density at radius 1 is 1.28 bits per heavy atom. The number of carbonyl (C=O) groups is 2. The second-order valence-electron chi connectivity index (χ2n) is 4.93. The summed E-state index contributed by atoms with van der Waals surface area (Å²) in [5, 5.41) is 4.70. The number of hydrogen-bond acceptors (Lipinski definition) is 7. The quantitative estimate of drug-likeness (QED) is 0.405. The van der Waals surface area contributed by atoms with Gasteiger partial charge in [-0.1, -0.05) is 0 Å². The Balaban J connectivity index is 1.69. The first kappa shape index (κ1) is 19.3. The SMILES string of the molecule is CCOC(=O)c1csc(NC(=O)CCCSc2ccc(OC)cc2)n1. The Bertz CT molecular complexity index is 701. The minimum absolute atomic E-state index is 0.111. The summed E-state index contributed by atoms with van der Waals surface area (Å²) in [4.78, 5) is 28.6. The van der Waals surface area contributed by atoms with E-state index in [4.69, 9.17) is 9.47 Å². The molecule has 134 valence electrons. The predicted molar refractivity (Wildman–Crippen MR) is 99.7 cm³/mol. The lowest BCUT2D eigenvalue weighted by atomic mass is 10.3. The molecule has 0 saturated heterocycles. The van der Waals surface area contributed by atoms with Gasteiger partial charge in [0, 0.05) is 16.7 Å². The molecule has 0 aliphatic rings. The van der Waals surface area contributed by atoms with Crippen LogP contribution in [0.2, 0.25) is 0 Å². The molecule has 1 aromatic carbocycles. The van der Waals surface area contributed by atoms with E-state index in [1.165, 1.54) is 11.3 Å². The molecule has 1 N–H and O–H groups in total. The van der Waals surface area contributed by atoms with E-state index in [0.717, 1.165) is 22.8 Å². The summed E-state index contributed by atoms with van der Waals surface area (Å²) in [6.45, 7) is 2.03. The number of thioether (sulfide) groups is 1. The summed E-state index contributed by atoms with van der Waals surface area (Å²) < 4.78 is 9.98. The van der Waals surface area contributed by atoms with Gasteiger partial charge in [0.2, 0.25) is 5.91 Å². The topological polar surface area (TPSA) is 77.5 Å². The van der Waals surface area contributed by atoms with Crippen LogP contribution in [0.15, 0.2) is 34.5 Å². The van der Waals surface area contributed by atoms with Crippen molar-refractivity contribution in [2.75, 3.05) is 24.8 Å². The highest BCUT2D eigenvalue weighted by atomic mass is 32.2. The average molecular weight is 380 g/mol. The summed E-state index contributed by atoms with van der Waals surface area (Å²) in [5.41, 5.74) is 0.220. The summed E-state index contributed by atoms with van der Waals surface area (Å²) >= 11 is 2.90. The zero-order valence-electron chi connectivity index (χ0n) is 14.1. The largest absolute Gasteiger partial charge is 0.497 e. The maximum Gasteiger partial charge on any atom is 0.357 e. The molecule has 0 saturated carbocycles. The van der Waals surface area contributed by atoms with Gasteiger partial charge in [-0.15, -0.1) is 23.1 Å². The average Bonchev–Trinajstić information content (AvgIpc) is 3.08. The fourth-order valence-corrected chi connectivity index (χ4v) is 3.46. The lowest BCUT2D eigenvalue weighted by Gasteiger charge is -2.04. The zero-order valence-corrected chi connectivity index (χ0v) is 15.7. The standard InChI is InChI=1S/C17H20N2O4S2/c1-3-23-16(21)14-11-25-17(18-14)19-15(20)5-4-10-24-13-8-6-12(22-2)7-9-13/h6-9,11H,3-5,10H2,1-2H3,(H,18,19,20). The molecule has 1 amide bonds. The number of aromatic nitrogens is 1. The van der Waals surface area contributed by atoms with Crippen molar-refractivity contribution in [2.45, 2.75) is 24.7 Å². The van der Waals surface area contributed by atoms with Crippen molar-refractivity contribution in [3.05, 3.63) is 35.3 Å². The van der Waals surface area contributed by atoms with Crippen LogP contribution >= 0.6 is 23.1 Å². The maximum atomic E-state index is 11.9. The number of hydrogen-bond donors (Lipinski definition) is 1. The van der Waals surface area contributed by atoms with Gasteiger partial charge in [-0.3, -0.25) is 4.79 Å². The molecule has 0 atom stereocenters.